The summed E-state index contributed by atoms with van der Waals surface area (Å²) >= 11 is 0. The SMILES string of the molecule is CC1CCC(C(C)C)C(OC(=O)CC(N)CCCCCCCCCN)C1.Cl.Cl. The Morgan fingerprint density at radius 1 is 1.00 bits per heavy atom. The Labute approximate surface area is 186 Å². The molecule has 0 amide bonds. The summed E-state index contributed by atoms with van der Waals surface area (Å²) in [6.45, 7) is 7.55. The standard InChI is InChI=1S/C22H44N2O2.2ClH/c1-17(2)20-13-12-18(3)15-21(20)26-22(25)16-19(24)11-9-7-5-4-6-8-10-14-23;;/h17-21H,4-16,23-24H2,1-3H3;2*1H. The van der Waals surface area contributed by atoms with Crippen molar-refractivity contribution in [2.24, 2.45) is 29.2 Å². The zero-order valence-corrected chi connectivity index (χ0v) is 20.0. The highest BCUT2D eigenvalue weighted by Gasteiger charge is 2.33. The van der Waals surface area contributed by atoms with Crippen LogP contribution in [-0.4, -0.2) is 24.7 Å². The molecule has 0 aromatic heterocycles. The van der Waals surface area contributed by atoms with Gasteiger partial charge in [0.2, 0.25) is 0 Å². The lowest BCUT2D eigenvalue weighted by Gasteiger charge is -2.36. The van der Waals surface area contributed by atoms with Crippen molar-refractivity contribution in [3.8, 4) is 0 Å². The van der Waals surface area contributed by atoms with Crippen molar-refractivity contribution in [2.45, 2.75) is 110 Å². The van der Waals surface area contributed by atoms with E-state index in [1.54, 1.807) is 0 Å². The predicted octanol–water partition coefficient (Wildman–Crippen LogP) is 5.63. The average molecular weight is 442 g/mol. The molecular weight excluding hydrogens is 395 g/mol. The Morgan fingerprint density at radius 2 is 1.57 bits per heavy atom. The molecule has 1 rings (SSSR count). The van der Waals surface area contributed by atoms with Gasteiger partial charge in [-0.15, -0.1) is 24.8 Å². The fourth-order valence-electron chi connectivity index (χ4n) is 4.22. The van der Waals surface area contributed by atoms with Crippen LogP contribution in [0, 0.1) is 17.8 Å². The number of hydrogen-bond donors (Lipinski definition) is 2. The van der Waals surface area contributed by atoms with Crippen LogP contribution in [0.1, 0.15) is 97.8 Å². The summed E-state index contributed by atoms with van der Waals surface area (Å²) in [5.41, 5.74) is 11.7. The third-order valence-electron chi connectivity index (χ3n) is 5.95. The third-order valence-corrected chi connectivity index (χ3v) is 5.95. The highest BCUT2D eigenvalue weighted by molar-refractivity contribution is 5.85. The van der Waals surface area contributed by atoms with E-state index >= 15 is 0 Å². The van der Waals surface area contributed by atoms with Crippen molar-refractivity contribution >= 4 is 30.8 Å². The van der Waals surface area contributed by atoms with Crippen molar-refractivity contribution < 1.29 is 9.53 Å². The van der Waals surface area contributed by atoms with E-state index in [2.05, 4.69) is 20.8 Å². The maximum absolute atomic E-state index is 12.3. The first-order valence-corrected chi connectivity index (χ1v) is 11.1. The largest absolute Gasteiger partial charge is 0.462 e. The van der Waals surface area contributed by atoms with Crippen LogP contribution >= 0.6 is 24.8 Å². The second kappa shape index (κ2) is 17.8. The summed E-state index contributed by atoms with van der Waals surface area (Å²) in [5.74, 6) is 1.63. The number of unbranched alkanes of at least 4 members (excludes halogenated alkanes) is 6. The van der Waals surface area contributed by atoms with Crippen molar-refractivity contribution in [2.75, 3.05) is 6.54 Å². The van der Waals surface area contributed by atoms with Gasteiger partial charge in [-0.3, -0.25) is 4.79 Å². The first kappa shape index (κ1) is 30.2. The molecule has 0 aromatic carbocycles. The van der Waals surface area contributed by atoms with Crippen molar-refractivity contribution in [1.29, 1.82) is 0 Å². The number of carbonyl (C=O) groups is 1. The minimum absolute atomic E-state index is 0. The molecule has 0 spiro atoms. The van der Waals surface area contributed by atoms with Crippen LogP contribution in [0.2, 0.25) is 0 Å². The van der Waals surface area contributed by atoms with Crippen LogP contribution in [0.4, 0.5) is 0 Å². The van der Waals surface area contributed by atoms with Crippen LogP contribution in [0.5, 0.6) is 0 Å². The molecule has 1 fully saturated rings. The maximum Gasteiger partial charge on any atom is 0.307 e. The van der Waals surface area contributed by atoms with Crippen LogP contribution in [0.15, 0.2) is 0 Å². The summed E-state index contributed by atoms with van der Waals surface area (Å²) in [4.78, 5) is 12.3. The Bertz CT molecular complexity index is 384. The van der Waals surface area contributed by atoms with Gasteiger partial charge in [0.05, 0.1) is 6.42 Å². The average Bonchev–Trinajstić information content (AvgIpc) is 2.56. The molecule has 4 atom stereocenters. The minimum atomic E-state index is -0.0935. The summed E-state index contributed by atoms with van der Waals surface area (Å²) in [6, 6.07) is -0.0572. The van der Waals surface area contributed by atoms with Crippen molar-refractivity contribution in [3.05, 3.63) is 0 Å². The van der Waals surface area contributed by atoms with Gasteiger partial charge in [-0.05, 0) is 50.0 Å². The molecule has 6 heteroatoms. The number of ether oxygens (including phenoxy) is 1. The molecule has 0 saturated heterocycles. The van der Waals surface area contributed by atoms with E-state index < -0.39 is 0 Å². The lowest BCUT2D eigenvalue weighted by Crippen LogP contribution is -2.37. The fraction of sp³-hybridized carbons (Fsp3) is 0.955. The zero-order valence-electron chi connectivity index (χ0n) is 18.4. The molecule has 28 heavy (non-hydrogen) atoms. The van der Waals surface area contributed by atoms with Gasteiger partial charge in [-0.25, -0.2) is 0 Å². The van der Waals surface area contributed by atoms with Gasteiger partial charge < -0.3 is 16.2 Å². The van der Waals surface area contributed by atoms with E-state index in [4.69, 9.17) is 16.2 Å². The number of rotatable bonds is 13. The van der Waals surface area contributed by atoms with Gasteiger partial charge in [-0.2, -0.15) is 0 Å². The first-order valence-electron chi connectivity index (χ1n) is 11.1. The summed E-state index contributed by atoms with van der Waals surface area (Å²) in [6.07, 6.45) is 13.4. The molecule has 0 bridgehead atoms. The van der Waals surface area contributed by atoms with Crippen LogP contribution in [0.3, 0.4) is 0 Å². The highest BCUT2D eigenvalue weighted by Crippen LogP contribution is 2.35. The monoisotopic (exact) mass is 440 g/mol. The Morgan fingerprint density at radius 3 is 2.14 bits per heavy atom. The number of carbonyl (C=O) groups excluding carboxylic acids is 1. The van der Waals surface area contributed by atoms with E-state index in [-0.39, 0.29) is 42.9 Å². The van der Waals surface area contributed by atoms with E-state index in [0.29, 0.717) is 24.2 Å². The molecule has 4 nitrogen and oxygen atoms in total. The zero-order chi connectivity index (χ0) is 19.4. The third kappa shape index (κ3) is 13.2. The lowest BCUT2D eigenvalue weighted by atomic mass is 9.75. The van der Waals surface area contributed by atoms with Crippen LogP contribution in [0.25, 0.3) is 0 Å². The summed E-state index contributed by atoms with van der Waals surface area (Å²) < 4.78 is 5.86. The van der Waals surface area contributed by atoms with Gasteiger partial charge in [0.15, 0.2) is 0 Å². The van der Waals surface area contributed by atoms with Crippen molar-refractivity contribution in [1.82, 2.24) is 0 Å². The molecule has 0 aliphatic heterocycles. The Balaban J connectivity index is 0. The second-order valence-electron chi connectivity index (χ2n) is 8.87. The molecule has 4 N–H and O–H groups in total. The number of halogens is 2. The molecule has 1 saturated carbocycles. The van der Waals surface area contributed by atoms with Gasteiger partial charge in [0.1, 0.15) is 6.10 Å². The summed E-state index contributed by atoms with van der Waals surface area (Å²) in [5, 5.41) is 0. The van der Waals surface area contributed by atoms with E-state index in [1.165, 1.54) is 44.9 Å². The number of hydrogen-bond acceptors (Lipinski definition) is 4. The van der Waals surface area contributed by atoms with Gasteiger partial charge in [-0.1, -0.05) is 65.7 Å². The Hall–Kier alpha value is -0.0300. The first-order chi connectivity index (χ1) is 12.4. The van der Waals surface area contributed by atoms with Gasteiger partial charge in [0, 0.05) is 6.04 Å². The quantitative estimate of drug-likeness (QED) is 0.287. The lowest BCUT2D eigenvalue weighted by molar-refractivity contribution is -0.156. The topological polar surface area (TPSA) is 78.3 Å². The van der Waals surface area contributed by atoms with E-state index in [9.17, 15) is 4.79 Å². The fourth-order valence-corrected chi connectivity index (χ4v) is 4.22. The van der Waals surface area contributed by atoms with Crippen LogP contribution in [-0.2, 0) is 9.53 Å². The molecular formula is C22H46Cl2N2O2. The smallest absolute Gasteiger partial charge is 0.307 e. The number of esters is 1. The molecule has 1 aliphatic carbocycles. The number of nitrogens with two attached hydrogens (primary N) is 2. The molecule has 4 unspecified atom stereocenters. The van der Waals surface area contributed by atoms with Crippen molar-refractivity contribution in [3.63, 3.8) is 0 Å². The summed E-state index contributed by atoms with van der Waals surface area (Å²) in [7, 11) is 0. The Kier molecular flexibility index (Phi) is 19.2. The van der Waals surface area contributed by atoms with Gasteiger partial charge >= 0.3 is 5.97 Å². The molecule has 1 aliphatic rings. The normalized spacial score (nSPS) is 22.9. The molecule has 0 radical (unpaired) electrons. The molecule has 0 aromatic rings. The molecule has 170 valence electrons. The highest BCUT2D eigenvalue weighted by atomic mass is 35.5. The van der Waals surface area contributed by atoms with Crippen LogP contribution < -0.4 is 11.5 Å². The second-order valence-corrected chi connectivity index (χ2v) is 8.87. The predicted molar refractivity (Wildman–Crippen MR) is 124 cm³/mol. The van der Waals surface area contributed by atoms with E-state index in [1.807, 2.05) is 0 Å². The van der Waals surface area contributed by atoms with E-state index in [0.717, 1.165) is 32.2 Å². The minimum Gasteiger partial charge on any atom is -0.462 e. The molecule has 0 heterocycles. The van der Waals surface area contributed by atoms with Gasteiger partial charge in [0.25, 0.3) is 0 Å². The maximum atomic E-state index is 12.3.